The molecule has 0 saturated heterocycles. The van der Waals surface area contributed by atoms with Crippen LogP contribution < -0.4 is 0 Å². The molecule has 1 N–H and O–H groups in total. The Hall–Kier alpha value is -2.35. The maximum Gasteiger partial charge on any atom is 0.170 e. The van der Waals surface area contributed by atoms with Crippen molar-refractivity contribution in [2.75, 3.05) is 0 Å². The van der Waals surface area contributed by atoms with E-state index in [0.717, 1.165) is 12.0 Å². The zero-order valence-corrected chi connectivity index (χ0v) is 14.5. The highest BCUT2D eigenvalue weighted by Crippen LogP contribution is 2.61. The predicted octanol–water partition coefficient (Wildman–Crippen LogP) is 5.27. The van der Waals surface area contributed by atoms with Crippen LogP contribution in [0.25, 0.3) is 0 Å². The Morgan fingerprint density at radius 3 is 2.38 bits per heavy atom. The van der Waals surface area contributed by atoms with E-state index < -0.39 is 0 Å². The van der Waals surface area contributed by atoms with Crippen LogP contribution in [0.3, 0.4) is 0 Å². The average Bonchev–Trinajstić information content (AvgIpc) is 2.54. The Morgan fingerprint density at radius 1 is 1.17 bits per heavy atom. The normalized spacial score (nSPS) is 25.8. The van der Waals surface area contributed by atoms with E-state index in [1.165, 1.54) is 11.1 Å². The van der Waals surface area contributed by atoms with Crippen molar-refractivity contribution in [1.82, 2.24) is 0 Å². The number of carbonyl (C=O) groups excluding carboxylic acids is 1. The molecular weight excluding hydrogens is 296 g/mol. The second-order valence-corrected chi connectivity index (χ2v) is 7.28. The number of rotatable bonds is 4. The van der Waals surface area contributed by atoms with Crippen LogP contribution in [0, 0.1) is 18.3 Å². The van der Waals surface area contributed by atoms with E-state index in [1.54, 1.807) is 24.3 Å². The average molecular weight is 320 g/mol. The number of allylic oxidation sites excluding steroid dienone is 1. The monoisotopic (exact) mass is 320 g/mol. The second kappa shape index (κ2) is 5.94. The second-order valence-electron chi connectivity index (χ2n) is 7.28. The molecule has 1 fully saturated rings. The van der Waals surface area contributed by atoms with Crippen LogP contribution in [-0.2, 0) is 0 Å². The summed E-state index contributed by atoms with van der Waals surface area (Å²) in [5, 5.41) is 10.0. The molecule has 0 radical (unpaired) electrons. The number of Topliss-reactive ketones (excluding diaryl/α,β-unsaturated/α-hetero) is 1. The summed E-state index contributed by atoms with van der Waals surface area (Å²) in [6.45, 7) is 10.5. The molecule has 0 bridgehead atoms. The zero-order chi connectivity index (χ0) is 17.5. The van der Waals surface area contributed by atoms with Crippen molar-refractivity contribution in [3.05, 3.63) is 77.4 Å². The smallest absolute Gasteiger partial charge is 0.170 e. The molecule has 0 aliphatic heterocycles. The minimum Gasteiger partial charge on any atom is -0.507 e. The minimum absolute atomic E-state index is 0.0254. The number of aromatic hydroxyl groups is 1. The maximum atomic E-state index is 13.0. The molecule has 0 unspecified atom stereocenters. The molecule has 0 amide bonds. The number of hydrogen-bond acceptors (Lipinski definition) is 2. The van der Waals surface area contributed by atoms with E-state index >= 15 is 0 Å². The number of benzene rings is 2. The van der Waals surface area contributed by atoms with Gasteiger partial charge in [-0.2, -0.15) is 0 Å². The Kier molecular flexibility index (Phi) is 4.08. The van der Waals surface area contributed by atoms with Crippen LogP contribution in [-0.4, -0.2) is 10.9 Å². The standard InChI is InChI=1S/C22H24O2/c1-14(2)22(4)13-18(20(22)16-11-9-15(3)10-12-16)21(24)17-7-5-6-8-19(17)23/h5-12,18,20,23H,1,13H2,2-4H3/t18-,20+,22-/m1/s1. The number of hydrogen-bond donors (Lipinski definition) is 1. The van der Waals surface area contributed by atoms with Gasteiger partial charge in [-0.25, -0.2) is 0 Å². The number of phenolic OH excluding ortho intramolecular Hbond substituents is 1. The Balaban J connectivity index is 1.99. The lowest BCUT2D eigenvalue weighted by molar-refractivity contribution is 0.0477. The first-order valence-corrected chi connectivity index (χ1v) is 8.39. The van der Waals surface area contributed by atoms with Crippen LogP contribution in [0.4, 0.5) is 0 Å². The summed E-state index contributed by atoms with van der Waals surface area (Å²) in [6.07, 6.45) is 0.772. The third-order valence-electron chi connectivity index (χ3n) is 5.65. The van der Waals surface area contributed by atoms with Gasteiger partial charge in [-0.1, -0.05) is 61.0 Å². The van der Waals surface area contributed by atoms with Gasteiger partial charge >= 0.3 is 0 Å². The van der Waals surface area contributed by atoms with Crippen molar-refractivity contribution >= 4 is 5.78 Å². The van der Waals surface area contributed by atoms with Gasteiger partial charge in [-0.05, 0) is 43.4 Å². The summed E-state index contributed by atoms with van der Waals surface area (Å²) in [5.74, 6) is 0.0666. The summed E-state index contributed by atoms with van der Waals surface area (Å²) in [6, 6.07) is 15.2. The van der Waals surface area contributed by atoms with Gasteiger partial charge in [0.15, 0.2) is 5.78 Å². The van der Waals surface area contributed by atoms with Crippen molar-refractivity contribution in [3.63, 3.8) is 0 Å². The molecule has 2 aromatic rings. The molecule has 2 nitrogen and oxygen atoms in total. The van der Waals surface area contributed by atoms with Gasteiger partial charge in [-0.3, -0.25) is 4.79 Å². The van der Waals surface area contributed by atoms with Crippen molar-refractivity contribution in [1.29, 1.82) is 0 Å². The molecule has 0 spiro atoms. The third-order valence-corrected chi connectivity index (χ3v) is 5.65. The molecule has 3 rings (SSSR count). The highest BCUT2D eigenvalue weighted by Gasteiger charge is 2.54. The topological polar surface area (TPSA) is 37.3 Å². The molecule has 3 atom stereocenters. The van der Waals surface area contributed by atoms with Gasteiger partial charge in [0.2, 0.25) is 0 Å². The van der Waals surface area contributed by atoms with Gasteiger partial charge in [0, 0.05) is 11.8 Å². The first kappa shape index (κ1) is 16.5. The fourth-order valence-corrected chi connectivity index (χ4v) is 3.92. The molecule has 1 aliphatic rings. The Morgan fingerprint density at radius 2 is 1.79 bits per heavy atom. The van der Waals surface area contributed by atoms with E-state index in [1.807, 2.05) is 6.92 Å². The maximum absolute atomic E-state index is 13.0. The Labute approximate surface area is 143 Å². The lowest BCUT2D eigenvalue weighted by atomic mass is 9.49. The van der Waals surface area contributed by atoms with E-state index in [2.05, 4.69) is 44.7 Å². The highest BCUT2D eigenvalue weighted by atomic mass is 16.3. The number of para-hydroxylation sites is 1. The van der Waals surface area contributed by atoms with Crippen molar-refractivity contribution in [2.45, 2.75) is 33.1 Å². The molecule has 124 valence electrons. The van der Waals surface area contributed by atoms with Gasteiger partial charge in [-0.15, -0.1) is 0 Å². The van der Waals surface area contributed by atoms with Crippen LogP contribution in [0.5, 0.6) is 5.75 Å². The van der Waals surface area contributed by atoms with E-state index in [4.69, 9.17) is 0 Å². The molecule has 0 aromatic heterocycles. The van der Waals surface area contributed by atoms with E-state index in [0.29, 0.717) is 5.56 Å². The number of phenols is 1. The summed E-state index contributed by atoms with van der Waals surface area (Å²) < 4.78 is 0. The van der Waals surface area contributed by atoms with Crippen LogP contribution in [0.15, 0.2) is 60.7 Å². The fraction of sp³-hybridized carbons (Fsp3) is 0.318. The predicted molar refractivity (Wildman–Crippen MR) is 97.4 cm³/mol. The largest absolute Gasteiger partial charge is 0.507 e. The van der Waals surface area contributed by atoms with Crippen LogP contribution in [0.2, 0.25) is 0 Å². The van der Waals surface area contributed by atoms with Crippen molar-refractivity contribution in [3.8, 4) is 5.75 Å². The number of aryl methyl sites for hydroxylation is 1. The molecular formula is C22H24O2. The third kappa shape index (κ3) is 2.56. The summed E-state index contributed by atoms with van der Waals surface area (Å²) in [7, 11) is 0. The van der Waals surface area contributed by atoms with Crippen LogP contribution in [0.1, 0.15) is 47.7 Å². The molecule has 2 heteroatoms. The molecule has 1 saturated carbocycles. The van der Waals surface area contributed by atoms with Gasteiger partial charge in [0.05, 0.1) is 5.56 Å². The molecule has 1 aliphatic carbocycles. The molecule has 0 heterocycles. The first-order valence-electron chi connectivity index (χ1n) is 8.39. The highest BCUT2D eigenvalue weighted by molar-refractivity contribution is 6.01. The summed E-state index contributed by atoms with van der Waals surface area (Å²) in [5.41, 5.74) is 3.82. The quantitative estimate of drug-likeness (QED) is 0.615. The van der Waals surface area contributed by atoms with Crippen LogP contribution >= 0.6 is 0 Å². The SMILES string of the molecule is C=C(C)[C@@]1(C)C[C@@H](C(=O)c2ccccc2O)[C@@H]1c1ccc(C)cc1. The lowest BCUT2D eigenvalue weighted by Crippen LogP contribution is -2.48. The first-order chi connectivity index (χ1) is 11.3. The zero-order valence-electron chi connectivity index (χ0n) is 14.5. The fourth-order valence-electron chi connectivity index (χ4n) is 3.92. The number of ketones is 1. The van der Waals surface area contributed by atoms with Gasteiger partial charge < -0.3 is 5.11 Å². The minimum atomic E-state index is -0.122. The summed E-state index contributed by atoms with van der Waals surface area (Å²) in [4.78, 5) is 13.0. The molecule has 24 heavy (non-hydrogen) atoms. The van der Waals surface area contributed by atoms with Gasteiger partial charge in [0.1, 0.15) is 5.75 Å². The van der Waals surface area contributed by atoms with E-state index in [-0.39, 0.29) is 28.8 Å². The Bertz CT molecular complexity index is 788. The number of carbonyl (C=O) groups is 1. The van der Waals surface area contributed by atoms with Crippen molar-refractivity contribution in [2.24, 2.45) is 11.3 Å². The van der Waals surface area contributed by atoms with E-state index in [9.17, 15) is 9.90 Å². The summed E-state index contributed by atoms with van der Waals surface area (Å²) >= 11 is 0. The lowest BCUT2D eigenvalue weighted by Gasteiger charge is -2.54. The molecule has 2 aromatic carbocycles. The van der Waals surface area contributed by atoms with Crippen molar-refractivity contribution < 1.29 is 9.90 Å². The van der Waals surface area contributed by atoms with Gasteiger partial charge in [0.25, 0.3) is 0 Å².